The topological polar surface area (TPSA) is 40.5 Å². The van der Waals surface area contributed by atoms with Crippen LogP contribution in [0.15, 0.2) is 146 Å². The number of hydrogen-bond acceptors (Lipinski definition) is 2. The van der Waals surface area contributed by atoms with Crippen LogP contribution in [-0.4, -0.2) is 27.8 Å². The summed E-state index contributed by atoms with van der Waals surface area (Å²) in [6.45, 7) is 12.6. The van der Waals surface area contributed by atoms with Crippen LogP contribution in [0.4, 0.5) is 0 Å². The summed E-state index contributed by atoms with van der Waals surface area (Å²) in [5.41, 5.74) is 9.70. The van der Waals surface area contributed by atoms with Crippen LogP contribution in [0.25, 0.3) is 11.1 Å². The summed E-state index contributed by atoms with van der Waals surface area (Å²) in [6, 6.07) is 49.6. The van der Waals surface area contributed by atoms with Crippen LogP contribution in [-0.2, 0) is 24.3 Å². The van der Waals surface area contributed by atoms with Crippen LogP contribution in [0.1, 0.15) is 95.2 Å². The van der Waals surface area contributed by atoms with Crippen molar-refractivity contribution >= 4 is 0 Å². The average molecular weight is 781 g/mol. The molecule has 0 unspecified atom stereocenters. The maximum absolute atomic E-state index is 13.4. The minimum Gasteiger partial charge on any atom is -1.00 e. The molecular formula is C50H54BrNO2. The van der Waals surface area contributed by atoms with Crippen molar-refractivity contribution in [1.82, 2.24) is 0 Å². The highest BCUT2D eigenvalue weighted by Crippen LogP contribution is 2.50. The van der Waals surface area contributed by atoms with E-state index in [4.69, 9.17) is 0 Å². The van der Waals surface area contributed by atoms with E-state index in [1.165, 1.54) is 33.4 Å². The maximum atomic E-state index is 13.4. The average Bonchev–Trinajstić information content (AvgIpc) is 3.36. The van der Waals surface area contributed by atoms with E-state index >= 15 is 0 Å². The molecule has 278 valence electrons. The molecule has 6 aromatic rings. The number of halogens is 1. The molecule has 1 aliphatic rings. The van der Waals surface area contributed by atoms with E-state index < -0.39 is 11.2 Å². The first-order chi connectivity index (χ1) is 25.8. The van der Waals surface area contributed by atoms with Crippen molar-refractivity contribution in [2.24, 2.45) is 0 Å². The number of hydrogen-bond donors (Lipinski definition) is 2. The number of fused-ring (bicyclic) bond motifs is 3. The smallest absolute Gasteiger partial charge is 0.141 e. The van der Waals surface area contributed by atoms with Crippen molar-refractivity contribution in [3.63, 3.8) is 0 Å². The first kappa shape index (κ1) is 39.4. The number of unbranched alkanes of at least 4 members (excludes halogenated alkanes) is 2. The highest BCUT2D eigenvalue weighted by atomic mass is 79.9. The zero-order valence-corrected chi connectivity index (χ0v) is 33.8. The molecule has 0 amide bonds. The number of nitrogens with zero attached hydrogens (tertiary/aromatic N) is 1. The van der Waals surface area contributed by atoms with Gasteiger partial charge in [0.15, 0.2) is 0 Å². The molecule has 0 saturated carbocycles. The molecule has 2 N–H and O–H groups in total. The van der Waals surface area contributed by atoms with Gasteiger partial charge < -0.3 is 31.7 Å². The largest absolute Gasteiger partial charge is 1.00 e. The molecule has 1 aliphatic heterocycles. The Kier molecular flexibility index (Phi) is 12.1. The Labute approximate surface area is 333 Å². The molecule has 1 heterocycles. The third-order valence-corrected chi connectivity index (χ3v) is 11.8. The minimum absolute atomic E-state index is 0. The van der Waals surface area contributed by atoms with Gasteiger partial charge in [0.1, 0.15) is 24.3 Å². The predicted molar refractivity (Wildman–Crippen MR) is 219 cm³/mol. The quantitative estimate of drug-likeness (QED) is 0.0978. The third kappa shape index (κ3) is 7.02. The molecule has 0 aromatic heterocycles. The molecule has 0 saturated heterocycles. The van der Waals surface area contributed by atoms with Crippen LogP contribution >= 0.6 is 0 Å². The van der Waals surface area contributed by atoms with Gasteiger partial charge in [-0.1, -0.05) is 172 Å². The fourth-order valence-electron chi connectivity index (χ4n) is 9.05. The van der Waals surface area contributed by atoms with E-state index in [9.17, 15) is 10.2 Å². The SMILES string of the molecule is CCCC[N+]1(CCCC)Cc2c(C(O)(c3ccccc3)c3ccccc3)ccc(C)c2-c2c(C)ccc(C(O)(c3ccccc3)c3ccccc3)c2C1.[Br-]. The monoisotopic (exact) mass is 779 g/mol. The molecule has 0 fully saturated rings. The molecule has 0 spiro atoms. The van der Waals surface area contributed by atoms with Gasteiger partial charge in [-0.15, -0.1) is 0 Å². The molecule has 0 aliphatic carbocycles. The fourth-order valence-corrected chi connectivity index (χ4v) is 9.05. The Morgan fingerprint density at radius 3 is 1.04 bits per heavy atom. The summed E-state index contributed by atoms with van der Waals surface area (Å²) in [5, 5.41) is 26.9. The molecule has 6 aromatic carbocycles. The molecule has 54 heavy (non-hydrogen) atoms. The van der Waals surface area contributed by atoms with Crippen LogP contribution in [0, 0.1) is 13.8 Å². The van der Waals surface area contributed by atoms with E-state index in [1.54, 1.807) is 0 Å². The van der Waals surface area contributed by atoms with E-state index in [-0.39, 0.29) is 17.0 Å². The Hall–Kier alpha value is -4.32. The minimum atomic E-state index is -1.38. The zero-order chi connectivity index (χ0) is 37.1. The first-order valence-electron chi connectivity index (χ1n) is 19.5. The van der Waals surface area contributed by atoms with Crippen LogP contribution < -0.4 is 17.0 Å². The summed E-state index contributed by atoms with van der Waals surface area (Å²) in [7, 11) is 0. The summed E-state index contributed by atoms with van der Waals surface area (Å²) in [5.74, 6) is 0. The Bertz CT molecular complexity index is 1910. The van der Waals surface area contributed by atoms with Crippen LogP contribution in [0.5, 0.6) is 0 Å². The lowest BCUT2D eigenvalue weighted by Gasteiger charge is -2.41. The second-order valence-corrected chi connectivity index (χ2v) is 15.3. The van der Waals surface area contributed by atoms with Gasteiger partial charge in [-0.05, 0) is 71.2 Å². The van der Waals surface area contributed by atoms with E-state index in [2.05, 4.69) is 100 Å². The number of aryl methyl sites for hydroxylation is 2. The van der Waals surface area contributed by atoms with Crippen molar-refractivity contribution in [1.29, 1.82) is 0 Å². The van der Waals surface area contributed by atoms with Gasteiger partial charge in [0.25, 0.3) is 0 Å². The lowest BCUT2D eigenvalue weighted by Crippen LogP contribution is -3.00. The van der Waals surface area contributed by atoms with Crippen molar-refractivity contribution in [2.75, 3.05) is 13.1 Å². The molecule has 0 atom stereocenters. The summed E-state index contributed by atoms with van der Waals surface area (Å²) >= 11 is 0. The third-order valence-electron chi connectivity index (χ3n) is 11.8. The molecule has 0 radical (unpaired) electrons. The highest BCUT2D eigenvalue weighted by molar-refractivity contribution is 5.81. The predicted octanol–water partition coefficient (Wildman–Crippen LogP) is 7.97. The van der Waals surface area contributed by atoms with E-state index in [0.717, 1.165) is 89.7 Å². The van der Waals surface area contributed by atoms with Crippen molar-refractivity contribution in [3.05, 3.63) is 201 Å². The van der Waals surface area contributed by atoms with Gasteiger partial charge >= 0.3 is 0 Å². The van der Waals surface area contributed by atoms with Gasteiger partial charge in [0.05, 0.1) is 13.1 Å². The second-order valence-electron chi connectivity index (χ2n) is 15.3. The van der Waals surface area contributed by atoms with Crippen molar-refractivity contribution < 1.29 is 31.7 Å². The lowest BCUT2D eigenvalue weighted by atomic mass is 9.73. The van der Waals surface area contributed by atoms with Gasteiger partial charge in [-0.25, -0.2) is 0 Å². The molecular weight excluding hydrogens is 726 g/mol. The van der Waals surface area contributed by atoms with E-state index in [1.807, 2.05) is 72.8 Å². The number of rotatable bonds is 12. The van der Waals surface area contributed by atoms with Crippen LogP contribution in [0.3, 0.4) is 0 Å². The summed E-state index contributed by atoms with van der Waals surface area (Å²) in [6.07, 6.45) is 4.40. The fraction of sp³-hybridized carbons (Fsp3) is 0.280. The molecule has 0 bridgehead atoms. The van der Waals surface area contributed by atoms with E-state index in [0.29, 0.717) is 0 Å². The lowest BCUT2D eigenvalue weighted by molar-refractivity contribution is -0.953. The van der Waals surface area contributed by atoms with Gasteiger partial charge in [-0.2, -0.15) is 0 Å². The normalized spacial score (nSPS) is 13.7. The Balaban J connectivity index is 0.00000497. The van der Waals surface area contributed by atoms with Gasteiger partial charge in [0.2, 0.25) is 0 Å². The van der Waals surface area contributed by atoms with Gasteiger partial charge in [-0.3, -0.25) is 0 Å². The first-order valence-corrected chi connectivity index (χ1v) is 19.5. The number of aliphatic hydroxyl groups is 2. The number of quaternary nitrogens is 1. The molecule has 4 heteroatoms. The van der Waals surface area contributed by atoms with Crippen LogP contribution in [0.2, 0.25) is 0 Å². The Morgan fingerprint density at radius 1 is 0.463 bits per heavy atom. The van der Waals surface area contributed by atoms with Crippen molar-refractivity contribution in [2.45, 2.75) is 77.7 Å². The Morgan fingerprint density at radius 2 is 0.759 bits per heavy atom. The summed E-state index contributed by atoms with van der Waals surface area (Å²) in [4.78, 5) is 0. The highest BCUT2D eigenvalue weighted by Gasteiger charge is 2.45. The van der Waals surface area contributed by atoms with Crippen molar-refractivity contribution in [3.8, 4) is 11.1 Å². The molecule has 7 rings (SSSR count). The summed E-state index contributed by atoms with van der Waals surface area (Å²) < 4.78 is 0.855. The maximum Gasteiger partial charge on any atom is 0.141 e. The number of benzene rings is 6. The second kappa shape index (κ2) is 16.6. The van der Waals surface area contributed by atoms with Gasteiger partial charge in [0, 0.05) is 22.3 Å². The molecule has 3 nitrogen and oxygen atoms in total. The standard InChI is InChI=1S/C50H54NO2.BrH/c1-5-7-33-51(34-8-6-2)35-43-45(49(52,39-21-13-9-14-22-39)40-23-15-10-16-24-40)31-29-37(3)47(43)48-38(4)30-32-46(44(48)36-51)50(53,41-25-17-11-18-26-41)42-27-19-12-20-28-42;/h9-32,52-53H,5-8,33-36H2,1-4H3;1H/q+1;/p-1. The zero-order valence-electron chi connectivity index (χ0n) is 32.2.